The Morgan fingerprint density at radius 1 is 1.47 bits per heavy atom. The van der Waals surface area contributed by atoms with Crippen LogP contribution in [0.1, 0.15) is 6.42 Å². The van der Waals surface area contributed by atoms with E-state index >= 15 is 0 Å². The molecule has 0 atom stereocenters. The van der Waals surface area contributed by atoms with E-state index < -0.39 is 0 Å². The second-order valence-electron chi connectivity index (χ2n) is 3.08. The van der Waals surface area contributed by atoms with Crippen molar-refractivity contribution in [2.24, 2.45) is 5.73 Å². The number of nitrogens with zero attached hydrogens (tertiary/aromatic N) is 1. The van der Waals surface area contributed by atoms with Crippen LogP contribution in [0.2, 0.25) is 5.02 Å². The lowest BCUT2D eigenvalue weighted by atomic mass is 10.3. The molecule has 4 nitrogen and oxygen atoms in total. The number of nitrogens with two attached hydrogens (primary N) is 1. The summed E-state index contributed by atoms with van der Waals surface area (Å²) in [7, 11) is 0. The Morgan fingerprint density at radius 2 is 2.33 bits per heavy atom. The van der Waals surface area contributed by atoms with Crippen molar-refractivity contribution in [2.75, 3.05) is 13.2 Å². The molecule has 0 amide bonds. The van der Waals surface area contributed by atoms with Crippen LogP contribution in [0.15, 0.2) is 22.6 Å². The van der Waals surface area contributed by atoms with Crippen molar-refractivity contribution in [3.05, 3.63) is 23.2 Å². The molecule has 0 bridgehead atoms. The van der Waals surface area contributed by atoms with Crippen LogP contribution in [0.4, 0.5) is 0 Å². The molecule has 2 N–H and O–H groups in total. The van der Waals surface area contributed by atoms with E-state index in [9.17, 15) is 0 Å². The minimum Gasteiger partial charge on any atom is -0.450 e. The monoisotopic (exact) mass is 226 g/mol. The van der Waals surface area contributed by atoms with E-state index in [2.05, 4.69) is 4.98 Å². The average Bonchev–Trinajstić information content (AvgIpc) is 2.60. The van der Waals surface area contributed by atoms with E-state index in [1.165, 1.54) is 0 Å². The molecule has 1 aromatic heterocycles. The number of rotatable bonds is 4. The van der Waals surface area contributed by atoms with Crippen molar-refractivity contribution in [3.63, 3.8) is 0 Å². The molecule has 0 saturated carbocycles. The number of halogens is 1. The fourth-order valence-corrected chi connectivity index (χ4v) is 1.35. The van der Waals surface area contributed by atoms with E-state index in [4.69, 9.17) is 26.5 Å². The maximum absolute atomic E-state index is 5.82. The Labute approximate surface area is 92.0 Å². The van der Waals surface area contributed by atoms with Gasteiger partial charge in [0.25, 0.3) is 0 Å². The molecule has 0 spiro atoms. The van der Waals surface area contributed by atoms with Gasteiger partial charge >= 0.3 is 6.08 Å². The maximum atomic E-state index is 5.82. The molecule has 2 rings (SSSR count). The maximum Gasteiger partial charge on any atom is 0.394 e. The fraction of sp³-hybridized carbons (Fsp3) is 0.300. The molecule has 1 heterocycles. The molecule has 0 radical (unpaired) electrons. The second-order valence-corrected chi connectivity index (χ2v) is 3.52. The highest BCUT2D eigenvalue weighted by molar-refractivity contribution is 6.31. The van der Waals surface area contributed by atoms with Gasteiger partial charge in [0.2, 0.25) is 0 Å². The molecule has 80 valence electrons. The number of ether oxygens (including phenoxy) is 1. The van der Waals surface area contributed by atoms with Gasteiger partial charge in [-0.05, 0) is 31.2 Å². The van der Waals surface area contributed by atoms with Crippen LogP contribution in [0.25, 0.3) is 11.1 Å². The summed E-state index contributed by atoms with van der Waals surface area (Å²) in [5, 5.41) is 0.629. The summed E-state index contributed by atoms with van der Waals surface area (Å²) in [5.41, 5.74) is 6.71. The van der Waals surface area contributed by atoms with Crippen LogP contribution in [-0.2, 0) is 0 Å². The first-order valence-corrected chi connectivity index (χ1v) is 5.06. The average molecular weight is 227 g/mol. The van der Waals surface area contributed by atoms with Crippen molar-refractivity contribution in [1.82, 2.24) is 4.98 Å². The van der Waals surface area contributed by atoms with Crippen molar-refractivity contribution in [3.8, 4) is 6.08 Å². The van der Waals surface area contributed by atoms with E-state index in [0.29, 0.717) is 29.3 Å². The number of fused-ring (bicyclic) bond motifs is 1. The third kappa shape index (κ3) is 2.40. The standard InChI is InChI=1S/C10H11ClN2O2/c11-7-2-3-9-8(6-7)13-10(15-9)14-5-1-4-12/h2-3,6H,1,4-5,12H2. The van der Waals surface area contributed by atoms with Gasteiger partial charge in [0.05, 0.1) is 6.61 Å². The fourth-order valence-electron chi connectivity index (χ4n) is 1.18. The molecule has 15 heavy (non-hydrogen) atoms. The molecule has 0 unspecified atom stereocenters. The normalized spacial score (nSPS) is 10.8. The van der Waals surface area contributed by atoms with E-state index in [1.807, 2.05) is 0 Å². The Hall–Kier alpha value is -1.26. The smallest absolute Gasteiger partial charge is 0.394 e. The molecule has 0 aliphatic heterocycles. The molecular formula is C10H11ClN2O2. The predicted octanol–water partition coefficient (Wildman–Crippen LogP) is 2.21. The molecule has 0 aliphatic rings. The molecule has 5 heteroatoms. The lowest BCUT2D eigenvalue weighted by molar-refractivity contribution is 0.235. The van der Waals surface area contributed by atoms with Gasteiger partial charge in [-0.15, -0.1) is 0 Å². The SMILES string of the molecule is NCCCOc1nc2cc(Cl)ccc2o1. The van der Waals surface area contributed by atoms with E-state index in [1.54, 1.807) is 18.2 Å². The van der Waals surface area contributed by atoms with E-state index in [0.717, 1.165) is 6.42 Å². The molecule has 2 aromatic rings. The summed E-state index contributed by atoms with van der Waals surface area (Å²) in [6.07, 6.45) is 1.04. The van der Waals surface area contributed by atoms with Crippen LogP contribution >= 0.6 is 11.6 Å². The predicted molar refractivity (Wildman–Crippen MR) is 58.2 cm³/mol. The summed E-state index contributed by atoms with van der Waals surface area (Å²) in [6.45, 7) is 1.10. The summed E-state index contributed by atoms with van der Waals surface area (Å²) >= 11 is 5.82. The lowest BCUT2D eigenvalue weighted by Crippen LogP contribution is -2.06. The molecular weight excluding hydrogens is 216 g/mol. The Kier molecular flexibility index (Phi) is 3.08. The number of aromatic nitrogens is 1. The third-order valence-electron chi connectivity index (χ3n) is 1.90. The van der Waals surface area contributed by atoms with Gasteiger partial charge in [-0.25, -0.2) is 0 Å². The lowest BCUT2D eigenvalue weighted by Gasteiger charge is -1.97. The summed E-state index contributed by atoms with van der Waals surface area (Å²) in [6, 6.07) is 5.25. The quantitative estimate of drug-likeness (QED) is 0.812. The van der Waals surface area contributed by atoms with Gasteiger partial charge in [0, 0.05) is 5.02 Å². The highest BCUT2D eigenvalue weighted by Crippen LogP contribution is 2.23. The number of oxazole rings is 1. The van der Waals surface area contributed by atoms with Gasteiger partial charge in [0.15, 0.2) is 5.58 Å². The summed E-state index contributed by atoms with van der Waals surface area (Å²) < 4.78 is 10.6. The van der Waals surface area contributed by atoms with E-state index in [-0.39, 0.29) is 6.08 Å². The van der Waals surface area contributed by atoms with Crippen molar-refractivity contribution in [2.45, 2.75) is 6.42 Å². The van der Waals surface area contributed by atoms with Crippen molar-refractivity contribution in [1.29, 1.82) is 0 Å². The van der Waals surface area contributed by atoms with Crippen LogP contribution < -0.4 is 10.5 Å². The topological polar surface area (TPSA) is 61.3 Å². The highest BCUT2D eigenvalue weighted by atomic mass is 35.5. The Bertz CT molecular complexity index is 456. The first-order chi connectivity index (χ1) is 7.29. The largest absolute Gasteiger partial charge is 0.450 e. The zero-order chi connectivity index (χ0) is 10.7. The number of hydrogen-bond donors (Lipinski definition) is 1. The van der Waals surface area contributed by atoms with Gasteiger partial charge in [-0.1, -0.05) is 11.6 Å². The van der Waals surface area contributed by atoms with Crippen LogP contribution in [0.5, 0.6) is 6.08 Å². The molecule has 0 saturated heterocycles. The summed E-state index contributed by atoms with van der Waals surface area (Å²) in [4.78, 5) is 4.13. The van der Waals surface area contributed by atoms with Crippen molar-refractivity contribution >= 4 is 22.7 Å². The molecule has 0 fully saturated rings. The van der Waals surface area contributed by atoms with Crippen LogP contribution in [0.3, 0.4) is 0 Å². The Morgan fingerprint density at radius 3 is 3.13 bits per heavy atom. The van der Waals surface area contributed by atoms with Gasteiger partial charge in [-0.3, -0.25) is 0 Å². The minimum absolute atomic E-state index is 0.265. The second kappa shape index (κ2) is 4.51. The van der Waals surface area contributed by atoms with Crippen molar-refractivity contribution < 1.29 is 9.15 Å². The first-order valence-electron chi connectivity index (χ1n) is 4.68. The first kappa shape index (κ1) is 10.3. The van der Waals surface area contributed by atoms with Gasteiger partial charge in [-0.2, -0.15) is 4.98 Å². The van der Waals surface area contributed by atoms with Crippen LogP contribution in [-0.4, -0.2) is 18.1 Å². The molecule has 0 aliphatic carbocycles. The number of hydrogen-bond acceptors (Lipinski definition) is 4. The molecule has 1 aromatic carbocycles. The van der Waals surface area contributed by atoms with Gasteiger partial charge < -0.3 is 14.9 Å². The van der Waals surface area contributed by atoms with Gasteiger partial charge in [0.1, 0.15) is 5.52 Å². The minimum atomic E-state index is 0.265. The van der Waals surface area contributed by atoms with Crippen LogP contribution in [0, 0.1) is 0 Å². The highest BCUT2D eigenvalue weighted by Gasteiger charge is 2.06. The zero-order valence-electron chi connectivity index (χ0n) is 8.07. The number of benzene rings is 1. The zero-order valence-corrected chi connectivity index (χ0v) is 8.83. The summed E-state index contributed by atoms with van der Waals surface area (Å²) in [5.74, 6) is 0. The third-order valence-corrected chi connectivity index (χ3v) is 2.14. The Balaban J connectivity index is 2.16.